The smallest absolute Gasteiger partial charge is 0.0488 e. The van der Waals surface area contributed by atoms with Gasteiger partial charge in [0.15, 0.2) is 0 Å². The van der Waals surface area contributed by atoms with E-state index in [-0.39, 0.29) is 6.61 Å². The third-order valence-electron chi connectivity index (χ3n) is 3.38. The van der Waals surface area contributed by atoms with E-state index in [0.29, 0.717) is 6.54 Å². The van der Waals surface area contributed by atoms with Gasteiger partial charge in [0.2, 0.25) is 0 Å². The van der Waals surface area contributed by atoms with Crippen LogP contribution in [0.1, 0.15) is 23.1 Å². The molecule has 0 spiro atoms. The van der Waals surface area contributed by atoms with Crippen molar-refractivity contribution in [2.45, 2.75) is 33.2 Å². The third-order valence-corrected chi connectivity index (χ3v) is 3.38. The number of aryl methyl sites for hydroxylation is 3. The van der Waals surface area contributed by atoms with Crippen molar-refractivity contribution in [3.05, 3.63) is 35.0 Å². The van der Waals surface area contributed by atoms with Crippen LogP contribution in [-0.2, 0) is 13.0 Å². The summed E-state index contributed by atoms with van der Waals surface area (Å²) in [7, 11) is 0. The van der Waals surface area contributed by atoms with Crippen molar-refractivity contribution in [3.63, 3.8) is 0 Å². The number of hydrogen-bond donors (Lipinski definition) is 2. The molecule has 2 rings (SSSR count). The van der Waals surface area contributed by atoms with Crippen LogP contribution < -0.4 is 5.73 Å². The highest BCUT2D eigenvalue weighted by Crippen LogP contribution is 2.27. The lowest BCUT2D eigenvalue weighted by Gasteiger charge is -2.05. The summed E-state index contributed by atoms with van der Waals surface area (Å²) in [5.74, 6) is 0. The number of nitrogens with zero attached hydrogens (tertiary/aromatic N) is 1. The van der Waals surface area contributed by atoms with Gasteiger partial charge in [0, 0.05) is 36.8 Å². The van der Waals surface area contributed by atoms with Crippen molar-refractivity contribution >= 4 is 10.9 Å². The van der Waals surface area contributed by atoms with E-state index in [4.69, 9.17) is 10.8 Å². The van der Waals surface area contributed by atoms with Gasteiger partial charge in [-0.05, 0) is 49.4 Å². The number of rotatable bonds is 5. The Balaban J connectivity index is 2.56. The first kappa shape index (κ1) is 13.1. The van der Waals surface area contributed by atoms with E-state index in [0.717, 1.165) is 19.4 Å². The van der Waals surface area contributed by atoms with Crippen molar-refractivity contribution in [2.24, 2.45) is 5.73 Å². The van der Waals surface area contributed by atoms with Gasteiger partial charge in [-0.25, -0.2) is 0 Å². The van der Waals surface area contributed by atoms with Crippen LogP contribution in [0.2, 0.25) is 0 Å². The number of aliphatic hydroxyl groups is 1. The van der Waals surface area contributed by atoms with Crippen LogP contribution >= 0.6 is 0 Å². The van der Waals surface area contributed by atoms with Crippen molar-refractivity contribution in [1.29, 1.82) is 0 Å². The summed E-state index contributed by atoms with van der Waals surface area (Å²) in [5, 5.41) is 10.3. The molecule has 1 aromatic heterocycles. The minimum Gasteiger partial charge on any atom is -0.396 e. The Bertz CT molecular complexity index is 543. The quantitative estimate of drug-likeness (QED) is 0.849. The summed E-state index contributed by atoms with van der Waals surface area (Å²) in [5.41, 5.74) is 10.9. The van der Waals surface area contributed by atoms with Crippen LogP contribution in [0, 0.1) is 13.8 Å². The van der Waals surface area contributed by atoms with E-state index in [2.05, 4.69) is 36.7 Å². The summed E-state index contributed by atoms with van der Waals surface area (Å²) >= 11 is 0. The van der Waals surface area contributed by atoms with Crippen molar-refractivity contribution in [1.82, 2.24) is 4.57 Å². The zero-order valence-corrected chi connectivity index (χ0v) is 11.2. The van der Waals surface area contributed by atoms with Gasteiger partial charge in [0.1, 0.15) is 0 Å². The van der Waals surface area contributed by atoms with Gasteiger partial charge in [0.25, 0.3) is 0 Å². The molecular weight excluding hydrogens is 224 g/mol. The molecule has 1 heterocycles. The summed E-state index contributed by atoms with van der Waals surface area (Å²) in [6.45, 7) is 6.02. The second kappa shape index (κ2) is 5.55. The maximum atomic E-state index is 9.00. The maximum Gasteiger partial charge on any atom is 0.0488 e. The van der Waals surface area contributed by atoms with Crippen LogP contribution in [0.3, 0.4) is 0 Å². The first-order valence-electron chi connectivity index (χ1n) is 6.57. The highest BCUT2D eigenvalue weighted by atomic mass is 16.2. The first-order chi connectivity index (χ1) is 8.67. The van der Waals surface area contributed by atoms with Gasteiger partial charge in [-0.2, -0.15) is 0 Å². The largest absolute Gasteiger partial charge is 0.396 e. The molecule has 0 aliphatic rings. The Kier molecular flexibility index (Phi) is 4.04. The van der Waals surface area contributed by atoms with Gasteiger partial charge in [-0.3, -0.25) is 0 Å². The topological polar surface area (TPSA) is 51.2 Å². The predicted octanol–water partition coefficient (Wildman–Crippen LogP) is 2.14. The SMILES string of the molecule is Cc1cc(C)c2c(CCCO)cn(CCN)c2c1. The average Bonchev–Trinajstić information content (AvgIpc) is 2.65. The molecule has 0 unspecified atom stereocenters. The highest BCUT2D eigenvalue weighted by molar-refractivity contribution is 5.88. The molecule has 18 heavy (non-hydrogen) atoms. The molecule has 3 N–H and O–H groups in total. The fraction of sp³-hybridized carbons (Fsp3) is 0.467. The summed E-state index contributed by atoms with van der Waals surface area (Å²) in [4.78, 5) is 0. The van der Waals surface area contributed by atoms with E-state index in [9.17, 15) is 0 Å². The van der Waals surface area contributed by atoms with E-state index < -0.39 is 0 Å². The van der Waals surface area contributed by atoms with Gasteiger partial charge in [0.05, 0.1) is 0 Å². The second-order valence-electron chi connectivity index (χ2n) is 4.94. The molecule has 0 aliphatic heterocycles. The molecule has 0 saturated heterocycles. The molecule has 3 nitrogen and oxygen atoms in total. The van der Waals surface area contributed by atoms with E-state index in [1.54, 1.807) is 0 Å². The van der Waals surface area contributed by atoms with Gasteiger partial charge in [-0.1, -0.05) is 6.07 Å². The zero-order chi connectivity index (χ0) is 13.1. The number of aliphatic hydroxyl groups excluding tert-OH is 1. The molecule has 0 amide bonds. The molecule has 2 aromatic rings. The molecule has 0 aliphatic carbocycles. The Labute approximate surface area is 108 Å². The lowest BCUT2D eigenvalue weighted by molar-refractivity contribution is 0.288. The van der Waals surface area contributed by atoms with Crippen LogP contribution in [0.5, 0.6) is 0 Å². The van der Waals surface area contributed by atoms with Gasteiger partial charge in [-0.15, -0.1) is 0 Å². The van der Waals surface area contributed by atoms with Crippen LogP contribution in [0.4, 0.5) is 0 Å². The monoisotopic (exact) mass is 246 g/mol. The first-order valence-corrected chi connectivity index (χ1v) is 6.57. The van der Waals surface area contributed by atoms with Crippen LogP contribution in [-0.4, -0.2) is 22.8 Å². The summed E-state index contributed by atoms with van der Waals surface area (Å²) in [6, 6.07) is 4.44. The second-order valence-corrected chi connectivity index (χ2v) is 4.94. The fourth-order valence-corrected chi connectivity index (χ4v) is 2.69. The fourth-order valence-electron chi connectivity index (χ4n) is 2.69. The molecule has 0 saturated carbocycles. The lowest BCUT2D eigenvalue weighted by Crippen LogP contribution is -2.08. The predicted molar refractivity (Wildman–Crippen MR) is 75.9 cm³/mol. The van der Waals surface area contributed by atoms with E-state index in [1.807, 2.05) is 0 Å². The number of benzene rings is 1. The molecule has 1 aromatic carbocycles. The third kappa shape index (κ3) is 2.42. The maximum absolute atomic E-state index is 9.00. The van der Waals surface area contributed by atoms with Crippen molar-refractivity contribution in [2.75, 3.05) is 13.2 Å². The Morgan fingerprint density at radius 1 is 1.28 bits per heavy atom. The standard InChI is InChI=1S/C15H22N2O/c1-11-8-12(2)15-13(4-3-7-18)10-17(6-5-16)14(15)9-11/h8-10,18H,3-7,16H2,1-2H3. The van der Waals surface area contributed by atoms with Crippen molar-refractivity contribution in [3.8, 4) is 0 Å². The Hall–Kier alpha value is -1.32. The van der Waals surface area contributed by atoms with Crippen LogP contribution in [0.25, 0.3) is 10.9 Å². The normalized spacial score (nSPS) is 11.3. The molecule has 0 radical (unpaired) electrons. The molecule has 0 bridgehead atoms. The highest BCUT2D eigenvalue weighted by Gasteiger charge is 2.10. The van der Waals surface area contributed by atoms with E-state index >= 15 is 0 Å². The Morgan fingerprint density at radius 3 is 2.72 bits per heavy atom. The summed E-state index contributed by atoms with van der Waals surface area (Å²) < 4.78 is 2.24. The molecule has 3 heteroatoms. The van der Waals surface area contributed by atoms with Crippen LogP contribution in [0.15, 0.2) is 18.3 Å². The molecule has 0 atom stereocenters. The van der Waals surface area contributed by atoms with Crippen molar-refractivity contribution < 1.29 is 5.11 Å². The Morgan fingerprint density at radius 2 is 2.06 bits per heavy atom. The number of hydrogen-bond acceptors (Lipinski definition) is 2. The van der Waals surface area contributed by atoms with Gasteiger partial charge >= 0.3 is 0 Å². The zero-order valence-electron chi connectivity index (χ0n) is 11.2. The number of fused-ring (bicyclic) bond motifs is 1. The number of aromatic nitrogens is 1. The molecular formula is C15H22N2O. The van der Waals surface area contributed by atoms with E-state index in [1.165, 1.54) is 27.6 Å². The average molecular weight is 246 g/mol. The molecule has 0 fully saturated rings. The minimum atomic E-state index is 0.245. The minimum absolute atomic E-state index is 0.245. The lowest BCUT2D eigenvalue weighted by atomic mass is 10.0. The molecule has 98 valence electrons. The summed E-state index contributed by atoms with van der Waals surface area (Å²) in [6.07, 6.45) is 3.93. The number of nitrogens with two attached hydrogens (primary N) is 1. The van der Waals surface area contributed by atoms with Gasteiger partial charge < -0.3 is 15.4 Å².